The summed E-state index contributed by atoms with van der Waals surface area (Å²) in [6, 6.07) is 11.7. The van der Waals surface area contributed by atoms with Crippen molar-refractivity contribution < 1.29 is 13.9 Å². The molecule has 2 atom stereocenters. The van der Waals surface area contributed by atoms with Crippen molar-refractivity contribution in [2.24, 2.45) is 0 Å². The molecule has 0 aliphatic carbocycles. The highest BCUT2D eigenvalue weighted by Gasteiger charge is 2.25. The summed E-state index contributed by atoms with van der Waals surface area (Å²) in [5, 5.41) is 6.43. The lowest BCUT2D eigenvalue weighted by molar-refractivity contribution is 0.0888. The lowest BCUT2D eigenvalue weighted by Crippen LogP contribution is -2.51. The fourth-order valence-electron chi connectivity index (χ4n) is 2.80. The number of para-hydroxylation sites is 1. The molecule has 0 radical (unpaired) electrons. The number of carbonyl (C=O) groups excluding carboxylic acids is 1. The summed E-state index contributed by atoms with van der Waals surface area (Å²) < 4.78 is 11.1. The fraction of sp³-hybridized carbons (Fsp3) is 0.389. The van der Waals surface area contributed by atoms with E-state index in [9.17, 15) is 4.79 Å². The third-order valence-corrected chi connectivity index (χ3v) is 4.17. The van der Waals surface area contributed by atoms with Crippen molar-refractivity contribution in [1.29, 1.82) is 0 Å². The Balaban J connectivity index is 0.00000208. The minimum Gasteiger partial charge on any atom is -0.489 e. The third kappa shape index (κ3) is 4.52. The van der Waals surface area contributed by atoms with E-state index < -0.39 is 0 Å². The first-order valence-electron chi connectivity index (χ1n) is 8.02. The minimum atomic E-state index is -0.179. The summed E-state index contributed by atoms with van der Waals surface area (Å²) in [7, 11) is 0. The molecule has 130 valence electrons. The van der Waals surface area contributed by atoms with Crippen LogP contribution in [0.4, 0.5) is 0 Å². The van der Waals surface area contributed by atoms with Gasteiger partial charge in [-0.05, 0) is 44.5 Å². The number of benzene rings is 1. The highest BCUT2D eigenvalue weighted by molar-refractivity contribution is 5.93. The van der Waals surface area contributed by atoms with E-state index in [-0.39, 0.29) is 30.4 Å². The topological polar surface area (TPSA) is 63.5 Å². The number of rotatable bonds is 5. The normalized spacial score (nSPS) is 20.0. The molecule has 0 spiro atoms. The third-order valence-electron chi connectivity index (χ3n) is 4.17. The SMILES string of the molecule is CC1NCCCC1NC(=O)c1occc1COc1ccccc1.Cl. The van der Waals surface area contributed by atoms with Crippen molar-refractivity contribution in [3.8, 4) is 5.75 Å². The van der Waals surface area contributed by atoms with Crippen LogP contribution < -0.4 is 15.4 Å². The largest absolute Gasteiger partial charge is 0.489 e. The van der Waals surface area contributed by atoms with Crippen LogP contribution in [0.5, 0.6) is 5.75 Å². The van der Waals surface area contributed by atoms with Gasteiger partial charge >= 0.3 is 0 Å². The number of carbonyl (C=O) groups is 1. The summed E-state index contributed by atoms with van der Waals surface area (Å²) >= 11 is 0. The summed E-state index contributed by atoms with van der Waals surface area (Å²) in [6.07, 6.45) is 3.58. The van der Waals surface area contributed by atoms with E-state index in [4.69, 9.17) is 9.15 Å². The Morgan fingerprint density at radius 2 is 2.12 bits per heavy atom. The molecule has 3 rings (SSSR count). The first-order chi connectivity index (χ1) is 11.2. The molecule has 24 heavy (non-hydrogen) atoms. The number of piperidine rings is 1. The van der Waals surface area contributed by atoms with Gasteiger partial charge in [0, 0.05) is 17.6 Å². The molecular formula is C18H23ClN2O3. The molecule has 0 saturated carbocycles. The van der Waals surface area contributed by atoms with E-state index in [0.29, 0.717) is 12.4 Å². The first-order valence-corrected chi connectivity index (χ1v) is 8.02. The Bertz CT molecular complexity index is 645. The van der Waals surface area contributed by atoms with Crippen LogP contribution in [0.15, 0.2) is 47.1 Å². The summed E-state index contributed by atoms with van der Waals surface area (Å²) in [5.41, 5.74) is 0.753. The molecule has 6 heteroatoms. The van der Waals surface area contributed by atoms with E-state index in [0.717, 1.165) is 30.7 Å². The van der Waals surface area contributed by atoms with Crippen LogP contribution in [0.3, 0.4) is 0 Å². The lowest BCUT2D eigenvalue weighted by Gasteiger charge is -2.30. The number of nitrogens with one attached hydrogen (secondary N) is 2. The maximum absolute atomic E-state index is 12.5. The van der Waals surface area contributed by atoms with Gasteiger partial charge < -0.3 is 19.8 Å². The maximum atomic E-state index is 12.5. The molecule has 1 aromatic heterocycles. The van der Waals surface area contributed by atoms with Crippen LogP contribution in [-0.4, -0.2) is 24.5 Å². The highest BCUT2D eigenvalue weighted by Crippen LogP contribution is 2.17. The Labute approximate surface area is 148 Å². The smallest absolute Gasteiger partial charge is 0.287 e. The van der Waals surface area contributed by atoms with Gasteiger partial charge in [-0.1, -0.05) is 18.2 Å². The fourth-order valence-corrected chi connectivity index (χ4v) is 2.80. The molecule has 1 fully saturated rings. The zero-order valence-electron chi connectivity index (χ0n) is 13.7. The molecule has 1 aromatic carbocycles. The molecule has 5 nitrogen and oxygen atoms in total. The van der Waals surface area contributed by atoms with Gasteiger partial charge in [0.05, 0.1) is 6.26 Å². The molecule has 1 aliphatic rings. The predicted octanol–water partition coefficient (Wildman–Crippen LogP) is 3.15. The first kappa shape index (κ1) is 18.4. The number of furan rings is 1. The molecule has 2 aromatic rings. The number of hydrogen-bond donors (Lipinski definition) is 2. The molecule has 2 heterocycles. The second kappa shape index (κ2) is 8.76. The van der Waals surface area contributed by atoms with Gasteiger partial charge in [0.2, 0.25) is 0 Å². The highest BCUT2D eigenvalue weighted by atomic mass is 35.5. The number of hydrogen-bond acceptors (Lipinski definition) is 4. The van der Waals surface area contributed by atoms with Crippen LogP contribution in [-0.2, 0) is 6.61 Å². The second-order valence-corrected chi connectivity index (χ2v) is 5.84. The van der Waals surface area contributed by atoms with Gasteiger partial charge in [0.15, 0.2) is 5.76 Å². The Morgan fingerprint density at radius 1 is 1.33 bits per heavy atom. The number of ether oxygens (including phenoxy) is 1. The van der Waals surface area contributed by atoms with E-state index in [1.807, 2.05) is 30.3 Å². The Hall–Kier alpha value is -1.98. The van der Waals surface area contributed by atoms with Gasteiger partial charge in [0.1, 0.15) is 12.4 Å². The molecule has 1 saturated heterocycles. The molecular weight excluding hydrogens is 328 g/mol. The molecule has 1 amide bonds. The number of amides is 1. The van der Waals surface area contributed by atoms with Crippen molar-refractivity contribution in [2.75, 3.05) is 6.54 Å². The van der Waals surface area contributed by atoms with Gasteiger partial charge in [-0.15, -0.1) is 12.4 Å². The van der Waals surface area contributed by atoms with Crippen molar-refractivity contribution in [3.63, 3.8) is 0 Å². The maximum Gasteiger partial charge on any atom is 0.287 e. The van der Waals surface area contributed by atoms with E-state index in [2.05, 4.69) is 17.6 Å². The van der Waals surface area contributed by atoms with Crippen molar-refractivity contribution in [3.05, 3.63) is 54.0 Å². The summed E-state index contributed by atoms with van der Waals surface area (Å²) in [6.45, 7) is 3.40. The summed E-state index contributed by atoms with van der Waals surface area (Å²) in [4.78, 5) is 12.5. The van der Waals surface area contributed by atoms with E-state index in [1.54, 1.807) is 6.07 Å². The van der Waals surface area contributed by atoms with E-state index in [1.165, 1.54) is 6.26 Å². The van der Waals surface area contributed by atoms with Crippen molar-refractivity contribution >= 4 is 18.3 Å². The van der Waals surface area contributed by atoms with Crippen molar-refractivity contribution in [1.82, 2.24) is 10.6 Å². The Kier molecular flexibility index (Phi) is 6.70. The molecule has 2 N–H and O–H groups in total. The van der Waals surface area contributed by atoms with Gasteiger partial charge in [0.25, 0.3) is 5.91 Å². The molecule has 2 unspecified atom stereocenters. The summed E-state index contributed by atoms with van der Waals surface area (Å²) in [5.74, 6) is 0.922. The van der Waals surface area contributed by atoms with Crippen LogP contribution in [0, 0.1) is 0 Å². The quantitative estimate of drug-likeness (QED) is 0.869. The van der Waals surface area contributed by atoms with Crippen LogP contribution in [0.1, 0.15) is 35.9 Å². The van der Waals surface area contributed by atoms with Gasteiger partial charge in [-0.3, -0.25) is 4.79 Å². The van der Waals surface area contributed by atoms with Crippen LogP contribution in [0.2, 0.25) is 0 Å². The standard InChI is InChI=1S/C18H22N2O3.ClH/c1-13-16(8-5-10-19-13)20-18(21)17-14(9-11-22-17)12-23-15-6-3-2-4-7-15;/h2-4,6-7,9,11,13,16,19H,5,8,10,12H2,1H3,(H,20,21);1H. The predicted molar refractivity (Wildman–Crippen MR) is 94.7 cm³/mol. The zero-order chi connectivity index (χ0) is 16.1. The van der Waals surface area contributed by atoms with Gasteiger partial charge in [-0.2, -0.15) is 0 Å². The number of halogens is 1. The van der Waals surface area contributed by atoms with Gasteiger partial charge in [-0.25, -0.2) is 0 Å². The minimum absolute atomic E-state index is 0. The van der Waals surface area contributed by atoms with Crippen molar-refractivity contribution in [2.45, 2.75) is 38.5 Å². The second-order valence-electron chi connectivity index (χ2n) is 5.84. The zero-order valence-corrected chi connectivity index (χ0v) is 14.5. The van der Waals surface area contributed by atoms with Crippen LogP contribution in [0.25, 0.3) is 0 Å². The average molecular weight is 351 g/mol. The average Bonchev–Trinajstić information content (AvgIpc) is 3.05. The molecule has 1 aliphatic heterocycles. The van der Waals surface area contributed by atoms with E-state index >= 15 is 0 Å². The Morgan fingerprint density at radius 3 is 2.88 bits per heavy atom. The monoisotopic (exact) mass is 350 g/mol. The lowest BCUT2D eigenvalue weighted by atomic mass is 10.00. The van der Waals surface area contributed by atoms with Crippen LogP contribution >= 0.6 is 12.4 Å². The molecule has 0 bridgehead atoms.